The van der Waals surface area contributed by atoms with Gasteiger partial charge in [0.25, 0.3) is 0 Å². The van der Waals surface area contributed by atoms with Gasteiger partial charge in [-0.3, -0.25) is 0 Å². The van der Waals surface area contributed by atoms with E-state index < -0.39 is 0 Å². The van der Waals surface area contributed by atoms with Crippen molar-refractivity contribution >= 4 is 17.3 Å². The topological polar surface area (TPSA) is 12.0 Å². The number of halogens is 1. The standard InChI is InChI=1S/C17H18ClN/c1-10-4-6-13(8-12(10)3)16-9-14-15(18)7-5-11(2)17(14)19-16/h4-8,16,19H,9H2,1-3H3. The third kappa shape index (κ3) is 2.12. The van der Waals surface area contributed by atoms with Gasteiger partial charge in [-0.15, -0.1) is 0 Å². The highest BCUT2D eigenvalue weighted by molar-refractivity contribution is 6.31. The lowest BCUT2D eigenvalue weighted by Gasteiger charge is -2.14. The van der Waals surface area contributed by atoms with Crippen LogP contribution in [0.5, 0.6) is 0 Å². The van der Waals surface area contributed by atoms with Gasteiger partial charge in [-0.1, -0.05) is 35.9 Å². The summed E-state index contributed by atoms with van der Waals surface area (Å²) in [6.07, 6.45) is 0.971. The van der Waals surface area contributed by atoms with Crippen LogP contribution in [-0.4, -0.2) is 0 Å². The smallest absolute Gasteiger partial charge is 0.0555 e. The fraction of sp³-hybridized carbons (Fsp3) is 0.294. The fourth-order valence-corrected chi connectivity index (χ4v) is 2.99. The van der Waals surface area contributed by atoms with Gasteiger partial charge in [0, 0.05) is 17.1 Å². The second kappa shape index (κ2) is 4.57. The summed E-state index contributed by atoms with van der Waals surface area (Å²) in [7, 11) is 0. The number of rotatable bonds is 1. The minimum absolute atomic E-state index is 0.341. The van der Waals surface area contributed by atoms with E-state index in [1.165, 1.54) is 33.5 Å². The van der Waals surface area contributed by atoms with Crippen molar-refractivity contribution in [3.63, 3.8) is 0 Å². The van der Waals surface area contributed by atoms with E-state index in [0.29, 0.717) is 6.04 Å². The van der Waals surface area contributed by atoms with Crippen LogP contribution in [0, 0.1) is 20.8 Å². The maximum absolute atomic E-state index is 6.31. The lowest BCUT2D eigenvalue weighted by molar-refractivity contribution is 0.822. The van der Waals surface area contributed by atoms with Crippen molar-refractivity contribution in [2.45, 2.75) is 33.2 Å². The Hall–Kier alpha value is -1.47. The molecule has 0 amide bonds. The highest BCUT2D eigenvalue weighted by atomic mass is 35.5. The van der Waals surface area contributed by atoms with E-state index >= 15 is 0 Å². The summed E-state index contributed by atoms with van der Waals surface area (Å²) in [5.41, 5.74) is 7.77. The Morgan fingerprint density at radius 3 is 2.42 bits per heavy atom. The van der Waals surface area contributed by atoms with Crippen molar-refractivity contribution < 1.29 is 0 Å². The average Bonchev–Trinajstić information content (AvgIpc) is 2.83. The second-order valence-corrected chi connectivity index (χ2v) is 5.87. The third-order valence-electron chi connectivity index (χ3n) is 4.12. The zero-order valence-corrected chi connectivity index (χ0v) is 12.3. The minimum atomic E-state index is 0.341. The van der Waals surface area contributed by atoms with Gasteiger partial charge in [-0.2, -0.15) is 0 Å². The predicted octanol–water partition coefficient (Wildman–Crippen LogP) is 4.97. The van der Waals surface area contributed by atoms with Crippen LogP contribution in [0.3, 0.4) is 0 Å². The molecule has 0 saturated carbocycles. The molecule has 19 heavy (non-hydrogen) atoms. The van der Waals surface area contributed by atoms with Crippen LogP contribution in [0.2, 0.25) is 5.02 Å². The molecule has 1 N–H and O–H groups in total. The summed E-state index contributed by atoms with van der Waals surface area (Å²) in [5, 5.41) is 4.50. The number of anilines is 1. The molecule has 1 heterocycles. The van der Waals surface area contributed by atoms with Crippen molar-refractivity contribution in [2.24, 2.45) is 0 Å². The first-order valence-corrected chi connectivity index (χ1v) is 7.05. The van der Waals surface area contributed by atoms with Gasteiger partial charge in [0.2, 0.25) is 0 Å². The molecule has 0 saturated heterocycles. The maximum atomic E-state index is 6.31. The molecule has 98 valence electrons. The van der Waals surface area contributed by atoms with Crippen LogP contribution >= 0.6 is 11.6 Å². The zero-order valence-electron chi connectivity index (χ0n) is 11.5. The SMILES string of the molecule is Cc1ccc(C2Cc3c(Cl)ccc(C)c3N2)cc1C. The molecule has 0 fully saturated rings. The van der Waals surface area contributed by atoms with Crippen molar-refractivity contribution in [1.82, 2.24) is 0 Å². The molecule has 0 radical (unpaired) electrons. The number of nitrogens with one attached hydrogen (secondary N) is 1. The number of fused-ring (bicyclic) bond motifs is 1. The van der Waals surface area contributed by atoms with E-state index in [1.807, 2.05) is 6.07 Å². The Balaban J connectivity index is 1.97. The largest absolute Gasteiger partial charge is 0.377 e. The van der Waals surface area contributed by atoms with Crippen LogP contribution in [-0.2, 0) is 6.42 Å². The van der Waals surface area contributed by atoms with Crippen LogP contribution in [0.4, 0.5) is 5.69 Å². The number of aryl methyl sites for hydroxylation is 3. The first-order valence-electron chi connectivity index (χ1n) is 6.68. The lowest BCUT2D eigenvalue weighted by Crippen LogP contribution is -2.06. The molecule has 0 bridgehead atoms. The highest BCUT2D eigenvalue weighted by Crippen LogP contribution is 2.40. The molecular formula is C17H18ClN. The van der Waals surface area contributed by atoms with Gasteiger partial charge >= 0.3 is 0 Å². The molecule has 0 aromatic heterocycles. The van der Waals surface area contributed by atoms with E-state index in [1.54, 1.807) is 0 Å². The van der Waals surface area contributed by atoms with Crippen LogP contribution < -0.4 is 5.32 Å². The molecule has 1 nitrogen and oxygen atoms in total. The van der Waals surface area contributed by atoms with Gasteiger partial charge in [-0.05, 0) is 54.7 Å². The van der Waals surface area contributed by atoms with Gasteiger partial charge in [0.1, 0.15) is 0 Å². The summed E-state index contributed by atoms with van der Waals surface area (Å²) >= 11 is 6.31. The number of hydrogen-bond acceptors (Lipinski definition) is 1. The maximum Gasteiger partial charge on any atom is 0.0555 e. The fourth-order valence-electron chi connectivity index (χ4n) is 2.75. The van der Waals surface area contributed by atoms with Crippen LogP contribution in [0.15, 0.2) is 30.3 Å². The van der Waals surface area contributed by atoms with Gasteiger partial charge in [-0.25, -0.2) is 0 Å². The van der Waals surface area contributed by atoms with E-state index in [9.17, 15) is 0 Å². The van der Waals surface area contributed by atoms with Crippen LogP contribution in [0.25, 0.3) is 0 Å². The minimum Gasteiger partial charge on any atom is -0.377 e. The Morgan fingerprint density at radius 2 is 1.74 bits per heavy atom. The van der Waals surface area contributed by atoms with Gasteiger partial charge in [0.05, 0.1) is 6.04 Å². The van der Waals surface area contributed by atoms with Gasteiger partial charge in [0.15, 0.2) is 0 Å². The predicted molar refractivity (Wildman–Crippen MR) is 82.2 cm³/mol. The molecule has 1 aliphatic heterocycles. The number of hydrogen-bond donors (Lipinski definition) is 1. The van der Waals surface area contributed by atoms with E-state index in [4.69, 9.17) is 11.6 Å². The molecule has 0 spiro atoms. The quantitative estimate of drug-likeness (QED) is 0.772. The highest BCUT2D eigenvalue weighted by Gasteiger charge is 2.25. The lowest BCUT2D eigenvalue weighted by atomic mass is 9.98. The monoisotopic (exact) mass is 271 g/mol. The van der Waals surface area contributed by atoms with Crippen molar-refractivity contribution in [1.29, 1.82) is 0 Å². The van der Waals surface area contributed by atoms with E-state index in [2.05, 4.69) is 50.4 Å². The summed E-state index contributed by atoms with van der Waals surface area (Å²) in [4.78, 5) is 0. The van der Waals surface area contributed by atoms with Crippen LogP contribution in [0.1, 0.15) is 33.9 Å². The Labute approximate surface area is 119 Å². The first-order chi connectivity index (χ1) is 9.06. The Kier molecular flexibility index (Phi) is 3.02. The molecule has 3 rings (SSSR count). The summed E-state index contributed by atoms with van der Waals surface area (Å²) in [5.74, 6) is 0. The molecule has 1 unspecified atom stereocenters. The first kappa shape index (κ1) is 12.6. The normalized spacial score (nSPS) is 17.2. The summed E-state index contributed by atoms with van der Waals surface area (Å²) in [6.45, 7) is 6.45. The average molecular weight is 272 g/mol. The summed E-state index contributed by atoms with van der Waals surface area (Å²) in [6, 6.07) is 11.1. The summed E-state index contributed by atoms with van der Waals surface area (Å²) < 4.78 is 0. The molecule has 2 aromatic carbocycles. The molecule has 1 aliphatic rings. The molecule has 0 aliphatic carbocycles. The van der Waals surface area contributed by atoms with Crippen molar-refractivity contribution in [3.05, 3.63) is 63.2 Å². The van der Waals surface area contributed by atoms with E-state index in [0.717, 1.165) is 11.4 Å². The molecule has 2 aromatic rings. The third-order valence-corrected chi connectivity index (χ3v) is 4.48. The second-order valence-electron chi connectivity index (χ2n) is 5.46. The van der Waals surface area contributed by atoms with E-state index in [-0.39, 0.29) is 0 Å². The molecule has 2 heteroatoms. The van der Waals surface area contributed by atoms with Crippen molar-refractivity contribution in [3.8, 4) is 0 Å². The zero-order chi connectivity index (χ0) is 13.6. The molecule has 1 atom stereocenters. The Morgan fingerprint density at radius 1 is 1.00 bits per heavy atom. The number of benzene rings is 2. The molecular weight excluding hydrogens is 254 g/mol. The Bertz CT molecular complexity index is 615. The van der Waals surface area contributed by atoms with Gasteiger partial charge < -0.3 is 5.32 Å². The van der Waals surface area contributed by atoms with Crippen molar-refractivity contribution in [2.75, 3.05) is 5.32 Å².